The minimum Gasteiger partial charge on any atom is -0.512 e. The van der Waals surface area contributed by atoms with Gasteiger partial charge in [0.15, 0.2) is 0 Å². The molecule has 1 aromatic carbocycles. The van der Waals surface area contributed by atoms with Gasteiger partial charge in [0.25, 0.3) is 5.78 Å². The monoisotopic (exact) mass is 234 g/mol. The molecule has 0 radical (unpaired) electrons. The zero-order chi connectivity index (χ0) is 12.3. The number of Topliss-reactive ketones (excluding diaryl/α,β-unsaturated/α-hetero) is 1. The molecule has 0 atom stereocenters. The number of halogens is 3. The maximum Gasteiger partial charge on any atom is 0.707 e. The first-order valence-corrected chi connectivity index (χ1v) is 4.05. The van der Waals surface area contributed by atoms with E-state index in [1.54, 1.807) is 0 Å². The van der Waals surface area contributed by atoms with Crippen molar-refractivity contribution in [2.45, 2.75) is 6.18 Å². The van der Waals surface area contributed by atoms with E-state index < -0.39 is 24.8 Å². The predicted octanol–water partition coefficient (Wildman–Crippen LogP) is 0.780. The molecule has 0 unspecified atom stereocenters. The van der Waals surface area contributed by atoms with Crippen LogP contribution < -0.4 is 4.65 Å². The number of rotatable bonds is 3. The van der Waals surface area contributed by atoms with Crippen LogP contribution in [0, 0.1) is 0 Å². The van der Waals surface area contributed by atoms with Crippen molar-refractivity contribution in [2.75, 3.05) is 0 Å². The highest BCUT2D eigenvalue weighted by molar-refractivity contribution is 6.33. The molecular formula is C8H6BF3O4. The Morgan fingerprint density at radius 3 is 2.06 bits per heavy atom. The van der Waals surface area contributed by atoms with Gasteiger partial charge in [-0.05, 0) is 24.3 Å². The van der Waals surface area contributed by atoms with Gasteiger partial charge in [-0.1, -0.05) is 0 Å². The first-order chi connectivity index (χ1) is 7.30. The maximum atomic E-state index is 12.0. The Bertz CT molecular complexity index is 374. The standard InChI is InChI=1S/C8H6BF3O4/c10-8(11,12)7(13)5-1-3-6(4-2-5)16-9(14)15/h1-4,14-15H. The lowest BCUT2D eigenvalue weighted by atomic mass is 10.1. The first-order valence-electron chi connectivity index (χ1n) is 4.05. The number of carbonyl (C=O) groups is 1. The van der Waals surface area contributed by atoms with Crippen LogP contribution in [0.3, 0.4) is 0 Å². The van der Waals surface area contributed by atoms with Crippen molar-refractivity contribution in [3.05, 3.63) is 29.8 Å². The summed E-state index contributed by atoms with van der Waals surface area (Å²) in [6, 6.07) is 3.82. The zero-order valence-corrected chi connectivity index (χ0v) is 7.73. The van der Waals surface area contributed by atoms with E-state index in [2.05, 4.69) is 4.65 Å². The van der Waals surface area contributed by atoms with E-state index in [1.807, 2.05) is 0 Å². The van der Waals surface area contributed by atoms with E-state index in [0.717, 1.165) is 24.3 Å². The number of benzene rings is 1. The molecule has 0 aromatic heterocycles. The van der Waals surface area contributed by atoms with Crippen molar-refractivity contribution >= 4 is 13.1 Å². The molecule has 0 bridgehead atoms. The molecule has 8 heteroatoms. The van der Waals surface area contributed by atoms with Gasteiger partial charge in [-0.2, -0.15) is 13.2 Å². The Kier molecular flexibility index (Phi) is 3.56. The van der Waals surface area contributed by atoms with Gasteiger partial charge in [0.1, 0.15) is 5.75 Å². The molecule has 1 rings (SSSR count). The van der Waals surface area contributed by atoms with Crippen molar-refractivity contribution in [3.8, 4) is 5.75 Å². The summed E-state index contributed by atoms with van der Waals surface area (Å²) in [4.78, 5) is 10.7. The average Bonchev–Trinajstić information content (AvgIpc) is 2.15. The third kappa shape index (κ3) is 3.25. The third-order valence-corrected chi connectivity index (χ3v) is 1.62. The van der Waals surface area contributed by atoms with Crippen molar-refractivity contribution in [1.82, 2.24) is 0 Å². The summed E-state index contributed by atoms with van der Waals surface area (Å²) in [6.45, 7) is 0. The van der Waals surface area contributed by atoms with Crippen molar-refractivity contribution < 1.29 is 32.7 Å². The van der Waals surface area contributed by atoms with Crippen molar-refractivity contribution in [2.24, 2.45) is 0 Å². The second-order valence-corrected chi connectivity index (χ2v) is 2.80. The van der Waals surface area contributed by atoms with Gasteiger partial charge in [0.05, 0.1) is 0 Å². The lowest BCUT2D eigenvalue weighted by Crippen LogP contribution is -2.23. The second kappa shape index (κ2) is 4.54. The molecule has 0 amide bonds. The molecular weight excluding hydrogens is 228 g/mol. The Hall–Kier alpha value is -1.54. The molecule has 4 nitrogen and oxygen atoms in total. The minimum absolute atomic E-state index is 0.0614. The Morgan fingerprint density at radius 2 is 1.69 bits per heavy atom. The van der Waals surface area contributed by atoms with Crippen LogP contribution in [0.1, 0.15) is 10.4 Å². The van der Waals surface area contributed by atoms with E-state index in [-0.39, 0.29) is 5.75 Å². The summed E-state index contributed by atoms with van der Waals surface area (Å²) in [6.07, 6.45) is -4.93. The largest absolute Gasteiger partial charge is 0.707 e. The molecule has 2 N–H and O–H groups in total. The number of alkyl halides is 3. The lowest BCUT2D eigenvalue weighted by molar-refractivity contribution is -0.0885. The summed E-state index contributed by atoms with van der Waals surface area (Å²) in [5.74, 6) is -2.03. The molecule has 0 aliphatic carbocycles. The van der Waals surface area contributed by atoms with Gasteiger partial charge < -0.3 is 14.7 Å². The Labute approximate surface area is 88.4 Å². The van der Waals surface area contributed by atoms with Gasteiger partial charge in [-0.15, -0.1) is 0 Å². The van der Waals surface area contributed by atoms with Gasteiger partial charge in [0.2, 0.25) is 0 Å². The van der Waals surface area contributed by atoms with Crippen molar-refractivity contribution in [3.63, 3.8) is 0 Å². The fourth-order valence-electron chi connectivity index (χ4n) is 0.970. The number of hydrogen-bond acceptors (Lipinski definition) is 4. The minimum atomic E-state index is -4.93. The topological polar surface area (TPSA) is 66.8 Å². The molecule has 0 saturated carbocycles. The van der Waals surface area contributed by atoms with Gasteiger partial charge in [-0.25, -0.2) is 0 Å². The summed E-state index contributed by atoms with van der Waals surface area (Å²) in [5.41, 5.74) is -0.549. The van der Waals surface area contributed by atoms with Gasteiger partial charge in [-0.3, -0.25) is 4.79 Å². The average molecular weight is 234 g/mol. The summed E-state index contributed by atoms with van der Waals surface area (Å²) in [5, 5.41) is 16.8. The summed E-state index contributed by atoms with van der Waals surface area (Å²) in [7, 11) is -2.07. The fraction of sp³-hybridized carbons (Fsp3) is 0.125. The maximum absolute atomic E-state index is 12.0. The van der Waals surface area contributed by atoms with Crippen LogP contribution in [-0.4, -0.2) is 29.3 Å². The van der Waals surface area contributed by atoms with E-state index in [1.165, 1.54) is 0 Å². The normalized spacial score (nSPS) is 11.1. The molecule has 1 aromatic rings. The molecule has 0 aliphatic rings. The molecule has 16 heavy (non-hydrogen) atoms. The molecule has 86 valence electrons. The van der Waals surface area contributed by atoms with Crippen LogP contribution in [0.5, 0.6) is 5.75 Å². The Morgan fingerprint density at radius 1 is 1.19 bits per heavy atom. The number of carbonyl (C=O) groups excluding carboxylic acids is 1. The second-order valence-electron chi connectivity index (χ2n) is 2.80. The van der Waals surface area contributed by atoms with E-state index in [4.69, 9.17) is 10.0 Å². The molecule has 0 heterocycles. The summed E-state index contributed by atoms with van der Waals surface area (Å²) >= 11 is 0. The van der Waals surface area contributed by atoms with Crippen LogP contribution in [0.25, 0.3) is 0 Å². The highest BCUT2D eigenvalue weighted by atomic mass is 19.4. The number of hydrogen-bond donors (Lipinski definition) is 2. The van der Waals surface area contributed by atoms with Crippen LogP contribution in [0.4, 0.5) is 13.2 Å². The van der Waals surface area contributed by atoms with Crippen molar-refractivity contribution in [1.29, 1.82) is 0 Å². The van der Waals surface area contributed by atoms with E-state index >= 15 is 0 Å². The summed E-state index contributed by atoms with van der Waals surface area (Å²) < 4.78 is 40.3. The van der Waals surface area contributed by atoms with Crippen LogP contribution >= 0.6 is 0 Å². The van der Waals surface area contributed by atoms with E-state index in [9.17, 15) is 18.0 Å². The third-order valence-electron chi connectivity index (χ3n) is 1.62. The molecule has 0 saturated heterocycles. The first kappa shape index (κ1) is 12.5. The highest BCUT2D eigenvalue weighted by Gasteiger charge is 2.39. The van der Waals surface area contributed by atoms with Crippen LogP contribution in [0.15, 0.2) is 24.3 Å². The zero-order valence-electron chi connectivity index (χ0n) is 7.73. The fourth-order valence-corrected chi connectivity index (χ4v) is 0.970. The van der Waals surface area contributed by atoms with E-state index in [0.29, 0.717) is 0 Å². The predicted molar refractivity (Wildman–Crippen MR) is 47.6 cm³/mol. The lowest BCUT2D eigenvalue weighted by Gasteiger charge is -2.07. The molecule has 0 fully saturated rings. The van der Waals surface area contributed by atoms with Gasteiger partial charge in [0, 0.05) is 5.56 Å². The Balaban J connectivity index is 2.83. The smallest absolute Gasteiger partial charge is 0.512 e. The van der Waals surface area contributed by atoms with Crippen LogP contribution in [0.2, 0.25) is 0 Å². The van der Waals surface area contributed by atoms with Gasteiger partial charge >= 0.3 is 13.5 Å². The SMILES string of the molecule is O=C(c1ccc(OB(O)O)cc1)C(F)(F)F. The molecule has 0 spiro atoms. The highest BCUT2D eigenvalue weighted by Crippen LogP contribution is 2.22. The number of ketones is 1. The van der Waals surface area contributed by atoms with Crippen LogP contribution in [-0.2, 0) is 0 Å². The quantitative estimate of drug-likeness (QED) is 0.599. The molecule has 0 aliphatic heterocycles.